The second kappa shape index (κ2) is 5.57. The van der Waals surface area contributed by atoms with Crippen molar-refractivity contribution in [3.63, 3.8) is 0 Å². The van der Waals surface area contributed by atoms with E-state index in [2.05, 4.69) is 24.4 Å². The van der Waals surface area contributed by atoms with Crippen molar-refractivity contribution in [1.29, 1.82) is 0 Å². The lowest BCUT2D eigenvalue weighted by Gasteiger charge is -2.02. The SMILES string of the molecule is COC(=O)c1ccnc(C(=O)Nc2nc(C3CC3)ns2)c1. The molecular weight excluding hydrogens is 292 g/mol. The summed E-state index contributed by atoms with van der Waals surface area (Å²) in [6.45, 7) is 0. The van der Waals surface area contributed by atoms with Gasteiger partial charge in [0.15, 0.2) is 0 Å². The van der Waals surface area contributed by atoms with Gasteiger partial charge in [0.2, 0.25) is 5.13 Å². The molecule has 0 spiro atoms. The van der Waals surface area contributed by atoms with Crippen molar-refractivity contribution in [2.45, 2.75) is 18.8 Å². The van der Waals surface area contributed by atoms with Gasteiger partial charge in [0, 0.05) is 23.6 Å². The third-order valence-corrected chi connectivity index (χ3v) is 3.66. The van der Waals surface area contributed by atoms with Crippen LogP contribution in [0.2, 0.25) is 0 Å². The number of carbonyl (C=O) groups excluding carboxylic acids is 2. The Balaban J connectivity index is 1.73. The normalized spacial score (nSPS) is 13.8. The smallest absolute Gasteiger partial charge is 0.337 e. The molecule has 2 aromatic heterocycles. The number of aromatic nitrogens is 3. The molecular formula is C13H12N4O3S. The molecule has 0 bridgehead atoms. The molecule has 1 fully saturated rings. The van der Waals surface area contributed by atoms with Crippen LogP contribution in [0.25, 0.3) is 0 Å². The van der Waals surface area contributed by atoms with Crippen LogP contribution in [0.1, 0.15) is 45.4 Å². The Morgan fingerprint density at radius 2 is 2.24 bits per heavy atom. The lowest BCUT2D eigenvalue weighted by atomic mass is 10.2. The first-order valence-electron chi connectivity index (χ1n) is 6.36. The van der Waals surface area contributed by atoms with Crippen molar-refractivity contribution >= 4 is 28.5 Å². The van der Waals surface area contributed by atoms with Crippen molar-refractivity contribution in [2.75, 3.05) is 12.4 Å². The molecule has 3 rings (SSSR count). The Morgan fingerprint density at radius 1 is 1.43 bits per heavy atom. The van der Waals surface area contributed by atoms with Crippen molar-refractivity contribution < 1.29 is 14.3 Å². The number of rotatable bonds is 4. The largest absolute Gasteiger partial charge is 0.465 e. The van der Waals surface area contributed by atoms with Crippen LogP contribution in [0, 0.1) is 0 Å². The first-order valence-corrected chi connectivity index (χ1v) is 7.14. The van der Waals surface area contributed by atoms with Gasteiger partial charge in [0.05, 0.1) is 12.7 Å². The summed E-state index contributed by atoms with van der Waals surface area (Å²) in [5.41, 5.74) is 0.398. The van der Waals surface area contributed by atoms with Crippen LogP contribution in [-0.4, -0.2) is 33.3 Å². The van der Waals surface area contributed by atoms with E-state index in [4.69, 9.17) is 0 Å². The number of amides is 1. The standard InChI is InChI=1S/C13H12N4O3S/c1-20-12(19)8-4-5-14-9(6-8)11(18)16-13-15-10(17-21-13)7-2-3-7/h4-7H,2-3H2,1H3,(H,15,16,17,18). The highest BCUT2D eigenvalue weighted by molar-refractivity contribution is 7.09. The van der Waals surface area contributed by atoms with Gasteiger partial charge >= 0.3 is 5.97 Å². The lowest BCUT2D eigenvalue weighted by molar-refractivity contribution is 0.0600. The molecule has 1 aliphatic rings. The molecule has 0 unspecified atom stereocenters. The summed E-state index contributed by atoms with van der Waals surface area (Å²) in [6.07, 6.45) is 3.59. The zero-order valence-corrected chi connectivity index (χ0v) is 12.0. The number of esters is 1. The van der Waals surface area contributed by atoms with Gasteiger partial charge in [-0.1, -0.05) is 0 Å². The second-order valence-electron chi connectivity index (χ2n) is 4.61. The van der Waals surface area contributed by atoms with Crippen LogP contribution in [0.3, 0.4) is 0 Å². The fourth-order valence-electron chi connectivity index (χ4n) is 1.75. The number of hydrogen-bond acceptors (Lipinski definition) is 7. The average Bonchev–Trinajstić information content (AvgIpc) is 3.27. The monoisotopic (exact) mass is 304 g/mol. The van der Waals surface area contributed by atoms with Crippen LogP contribution >= 0.6 is 11.5 Å². The van der Waals surface area contributed by atoms with E-state index in [-0.39, 0.29) is 11.3 Å². The van der Waals surface area contributed by atoms with Crippen LogP contribution in [0.15, 0.2) is 18.3 Å². The molecule has 0 aromatic carbocycles. The van der Waals surface area contributed by atoms with Crippen molar-refractivity contribution in [3.8, 4) is 0 Å². The third kappa shape index (κ3) is 3.05. The minimum atomic E-state index is -0.515. The number of hydrogen-bond donors (Lipinski definition) is 1. The summed E-state index contributed by atoms with van der Waals surface area (Å²) >= 11 is 1.14. The topological polar surface area (TPSA) is 94.1 Å². The summed E-state index contributed by atoms with van der Waals surface area (Å²) in [6, 6.07) is 2.86. The quantitative estimate of drug-likeness (QED) is 0.866. The summed E-state index contributed by atoms with van der Waals surface area (Å²) in [5, 5.41) is 3.07. The van der Waals surface area contributed by atoms with E-state index in [1.165, 1.54) is 25.4 Å². The zero-order valence-electron chi connectivity index (χ0n) is 11.2. The van der Waals surface area contributed by atoms with Crippen molar-refractivity contribution in [2.24, 2.45) is 0 Å². The lowest BCUT2D eigenvalue weighted by Crippen LogP contribution is -2.14. The maximum atomic E-state index is 12.1. The molecule has 7 nitrogen and oxygen atoms in total. The van der Waals surface area contributed by atoms with E-state index in [0.717, 1.165) is 30.2 Å². The number of carbonyl (C=O) groups is 2. The Kier molecular flexibility index (Phi) is 3.61. The summed E-state index contributed by atoms with van der Waals surface area (Å²) in [7, 11) is 1.28. The van der Waals surface area contributed by atoms with Crippen LogP contribution in [0.5, 0.6) is 0 Å². The highest BCUT2D eigenvalue weighted by Gasteiger charge is 2.28. The Hall–Kier alpha value is -2.35. The predicted molar refractivity (Wildman–Crippen MR) is 75.4 cm³/mol. The molecule has 0 atom stereocenters. The van der Waals surface area contributed by atoms with Crippen LogP contribution in [-0.2, 0) is 4.74 Å². The Bertz CT molecular complexity index is 696. The molecule has 0 saturated heterocycles. The third-order valence-electron chi connectivity index (χ3n) is 3.02. The van der Waals surface area contributed by atoms with E-state index in [1.807, 2.05) is 0 Å². The van der Waals surface area contributed by atoms with Gasteiger partial charge in [0.25, 0.3) is 5.91 Å². The molecule has 0 radical (unpaired) electrons. The molecule has 1 amide bonds. The van der Waals surface area contributed by atoms with E-state index in [0.29, 0.717) is 11.0 Å². The molecule has 0 aliphatic heterocycles. The maximum Gasteiger partial charge on any atom is 0.337 e. The zero-order chi connectivity index (χ0) is 14.8. The first kappa shape index (κ1) is 13.6. The molecule has 8 heteroatoms. The minimum absolute atomic E-state index is 0.126. The molecule has 1 aliphatic carbocycles. The van der Waals surface area contributed by atoms with Gasteiger partial charge in [-0.15, -0.1) is 0 Å². The van der Waals surface area contributed by atoms with E-state index in [1.54, 1.807) is 0 Å². The maximum absolute atomic E-state index is 12.1. The van der Waals surface area contributed by atoms with Gasteiger partial charge in [-0.3, -0.25) is 15.1 Å². The Labute approximate surface area is 124 Å². The molecule has 108 valence electrons. The van der Waals surface area contributed by atoms with Crippen LogP contribution in [0.4, 0.5) is 5.13 Å². The van der Waals surface area contributed by atoms with Gasteiger partial charge in [-0.25, -0.2) is 9.78 Å². The van der Waals surface area contributed by atoms with Crippen molar-refractivity contribution in [1.82, 2.24) is 14.3 Å². The van der Waals surface area contributed by atoms with Gasteiger partial charge in [0.1, 0.15) is 11.5 Å². The number of ether oxygens (including phenoxy) is 1. The first-order chi connectivity index (χ1) is 10.2. The molecule has 1 saturated carbocycles. The van der Waals surface area contributed by atoms with Crippen LogP contribution < -0.4 is 5.32 Å². The fourth-order valence-corrected chi connectivity index (χ4v) is 2.40. The van der Waals surface area contributed by atoms with E-state index in [9.17, 15) is 9.59 Å². The highest BCUT2D eigenvalue weighted by atomic mass is 32.1. The molecule has 2 aromatic rings. The summed E-state index contributed by atoms with van der Waals surface area (Å²) < 4.78 is 8.81. The van der Waals surface area contributed by atoms with E-state index >= 15 is 0 Å². The highest BCUT2D eigenvalue weighted by Crippen LogP contribution is 2.39. The predicted octanol–water partition coefficient (Wildman–Crippen LogP) is 1.85. The van der Waals surface area contributed by atoms with Gasteiger partial charge < -0.3 is 4.74 Å². The summed E-state index contributed by atoms with van der Waals surface area (Å²) in [5.74, 6) is 0.275. The van der Waals surface area contributed by atoms with E-state index < -0.39 is 11.9 Å². The van der Waals surface area contributed by atoms with Gasteiger partial charge in [-0.05, 0) is 25.0 Å². The number of anilines is 1. The fraction of sp³-hybridized carbons (Fsp3) is 0.308. The second-order valence-corrected chi connectivity index (χ2v) is 5.36. The molecule has 2 heterocycles. The summed E-state index contributed by atoms with van der Waals surface area (Å²) in [4.78, 5) is 31.7. The number of methoxy groups -OCH3 is 1. The minimum Gasteiger partial charge on any atom is -0.465 e. The number of nitrogens with one attached hydrogen (secondary N) is 1. The molecule has 21 heavy (non-hydrogen) atoms. The number of pyridine rings is 1. The molecule has 1 N–H and O–H groups in total. The number of nitrogens with zero attached hydrogens (tertiary/aromatic N) is 3. The van der Waals surface area contributed by atoms with Gasteiger partial charge in [-0.2, -0.15) is 4.37 Å². The van der Waals surface area contributed by atoms with Crippen molar-refractivity contribution in [3.05, 3.63) is 35.4 Å². The Morgan fingerprint density at radius 3 is 2.95 bits per heavy atom. The average molecular weight is 304 g/mol.